The van der Waals surface area contributed by atoms with Gasteiger partial charge in [0, 0.05) is 11.8 Å². The number of aliphatic hydroxyl groups excluding tert-OH is 1. The van der Waals surface area contributed by atoms with Gasteiger partial charge in [-0.05, 0) is 31.9 Å². The molecule has 4 nitrogen and oxygen atoms in total. The number of hydrogen-bond acceptors (Lipinski definition) is 5. The van der Waals surface area contributed by atoms with Gasteiger partial charge in [-0.15, -0.1) is 0 Å². The Morgan fingerprint density at radius 1 is 1.56 bits per heavy atom. The van der Waals surface area contributed by atoms with Crippen LogP contribution >= 0.6 is 11.8 Å². The maximum absolute atomic E-state index is 11.6. The second kappa shape index (κ2) is 7.92. The van der Waals surface area contributed by atoms with Gasteiger partial charge in [0.1, 0.15) is 6.04 Å². The molecule has 0 aromatic carbocycles. The number of esters is 1. The molecule has 5 heteroatoms. The molecule has 1 aliphatic carbocycles. The van der Waals surface area contributed by atoms with E-state index in [2.05, 4.69) is 5.32 Å². The second-order valence-electron chi connectivity index (χ2n) is 3.87. The Hall–Kier alpha value is -0.260. The Morgan fingerprint density at radius 3 is 2.88 bits per heavy atom. The van der Waals surface area contributed by atoms with Gasteiger partial charge in [-0.3, -0.25) is 4.79 Å². The van der Waals surface area contributed by atoms with E-state index in [9.17, 15) is 4.79 Å². The molecule has 0 aromatic rings. The maximum Gasteiger partial charge on any atom is 0.323 e. The van der Waals surface area contributed by atoms with E-state index in [4.69, 9.17) is 9.84 Å². The maximum atomic E-state index is 11.6. The van der Waals surface area contributed by atoms with Gasteiger partial charge in [-0.2, -0.15) is 11.8 Å². The van der Waals surface area contributed by atoms with Crippen LogP contribution in [0.15, 0.2) is 0 Å². The minimum atomic E-state index is -0.168. The number of hydrogen-bond donors (Lipinski definition) is 2. The highest BCUT2D eigenvalue weighted by Gasteiger charge is 2.28. The van der Waals surface area contributed by atoms with Gasteiger partial charge in [0.25, 0.3) is 0 Å². The predicted octanol–water partition coefficient (Wildman–Crippen LogP) is 0.786. The molecule has 2 N–H and O–H groups in total. The van der Waals surface area contributed by atoms with Crippen LogP contribution in [0.2, 0.25) is 0 Å². The molecule has 0 aliphatic heterocycles. The molecule has 0 radical (unpaired) electrons. The summed E-state index contributed by atoms with van der Waals surface area (Å²) in [6.07, 6.45) is 3.11. The van der Waals surface area contributed by atoms with E-state index >= 15 is 0 Å². The summed E-state index contributed by atoms with van der Waals surface area (Å²) in [6, 6.07) is 0.343. The summed E-state index contributed by atoms with van der Waals surface area (Å²) in [7, 11) is 0. The zero-order valence-corrected chi connectivity index (χ0v) is 10.6. The highest BCUT2D eigenvalue weighted by Crippen LogP contribution is 2.20. The molecule has 1 fully saturated rings. The van der Waals surface area contributed by atoms with E-state index < -0.39 is 0 Å². The SMILES string of the molecule is CCOC(=O)C(CCSCCO)NC1CC1. The summed E-state index contributed by atoms with van der Waals surface area (Å²) in [5.74, 6) is 1.47. The fourth-order valence-electron chi connectivity index (χ4n) is 1.41. The molecule has 0 amide bonds. The van der Waals surface area contributed by atoms with Gasteiger partial charge in [0.2, 0.25) is 0 Å². The molecular formula is C11H21NO3S. The van der Waals surface area contributed by atoms with Crippen LogP contribution in [0.4, 0.5) is 0 Å². The number of carbonyl (C=O) groups excluding carboxylic acids is 1. The smallest absolute Gasteiger partial charge is 0.323 e. The number of aliphatic hydroxyl groups is 1. The highest BCUT2D eigenvalue weighted by molar-refractivity contribution is 7.99. The predicted molar refractivity (Wildman–Crippen MR) is 65.6 cm³/mol. The summed E-state index contributed by atoms with van der Waals surface area (Å²) in [4.78, 5) is 11.6. The third-order valence-corrected chi connectivity index (χ3v) is 3.37. The fourth-order valence-corrected chi connectivity index (χ4v) is 2.15. The molecule has 1 atom stereocenters. The number of nitrogens with one attached hydrogen (secondary N) is 1. The van der Waals surface area contributed by atoms with E-state index in [1.54, 1.807) is 11.8 Å². The van der Waals surface area contributed by atoms with Crippen molar-refractivity contribution >= 4 is 17.7 Å². The Morgan fingerprint density at radius 2 is 2.31 bits per heavy atom. The summed E-state index contributed by atoms with van der Waals surface area (Å²) in [5, 5.41) is 12.0. The molecule has 1 rings (SSSR count). The zero-order valence-electron chi connectivity index (χ0n) is 9.78. The minimum Gasteiger partial charge on any atom is -0.465 e. The first-order chi connectivity index (χ1) is 7.77. The lowest BCUT2D eigenvalue weighted by molar-refractivity contribution is -0.145. The third-order valence-electron chi connectivity index (χ3n) is 2.37. The second-order valence-corrected chi connectivity index (χ2v) is 5.09. The van der Waals surface area contributed by atoms with Crippen molar-refractivity contribution in [3.63, 3.8) is 0 Å². The van der Waals surface area contributed by atoms with Crippen molar-refractivity contribution in [1.29, 1.82) is 0 Å². The normalized spacial score (nSPS) is 17.1. The van der Waals surface area contributed by atoms with E-state index in [0.29, 0.717) is 12.6 Å². The summed E-state index contributed by atoms with van der Waals surface area (Å²) in [5.41, 5.74) is 0. The quantitative estimate of drug-likeness (QED) is 0.466. The molecule has 0 heterocycles. The molecular weight excluding hydrogens is 226 g/mol. The van der Waals surface area contributed by atoms with Crippen LogP contribution in [0.25, 0.3) is 0 Å². The third kappa shape index (κ3) is 5.72. The van der Waals surface area contributed by atoms with Crippen molar-refractivity contribution < 1.29 is 14.6 Å². The molecule has 1 unspecified atom stereocenters. The zero-order chi connectivity index (χ0) is 11.8. The molecule has 0 aromatic heterocycles. The molecule has 0 saturated heterocycles. The lowest BCUT2D eigenvalue weighted by Crippen LogP contribution is -2.39. The molecule has 1 saturated carbocycles. The number of rotatable bonds is 9. The van der Waals surface area contributed by atoms with Gasteiger partial charge in [-0.25, -0.2) is 0 Å². The van der Waals surface area contributed by atoms with Gasteiger partial charge >= 0.3 is 5.97 Å². The van der Waals surface area contributed by atoms with E-state index in [-0.39, 0.29) is 18.6 Å². The van der Waals surface area contributed by atoms with Crippen LogP contribution < -0.4 is 5.32 Å². The van der Waals surface area contributed by atoms with Crippen LogP contribution in [0.3, 0.4) is 0 Å². The molecule has 16 heavy (non-hydrogen) atoms. The van der Waals surface area contributed by atoms with Gasteiger partial charge in [-0.1, -0.05) is 0 Å². The van der Waals surface area contributed by atoms with E-state index in [1.807, 2.05) is 6.92 Å². The van der Waals surface area contributed by atoms with E-state index in [1.165, 1.54) is 12.8 Å². The molecule has 0 spiro atoms. The molecule has 0 bridgehead atoms. The van der Waals surface area contributed by atoms with Gasteiger partial charge in [0.15, 0.2) is 0 Å². The summed E-state index contributed by atoms with van der Waals surface area (Å²) >= 11 is 1.67. The monoisotopic (exact) mass is 247 g/mol. The van der Waals surface area contributed by atoms with Gasteiger partial charge < -0.3 is 15.2 Å². The number of thioether (sulfide) groups is 1. The standard InChI is InChI=1S/C11H21NO3S/c1-2-15-11(14)10(12-9-3-4-9)5-7-16-8-6-13/h9-10,12-13H,2-8H2,1H3. The summed E-state index contributed by atoms with van der Waals surface area (Å²) < 4.78 is 5.03. The average molecular weight is 247 g/mol. The van der Waals surface area contributed by atoms with Crippen molar-refractivity contribution in [1.82, 2.24) is 5.32 Å². The van der Waals surface area contributed by atoms with Crippen LogP contribution in [0.1, 0.15) is 26.2 Å². The van der Waals surface area contributed by atoms with Crippen molar-refractivity contribution in [2.24, 2.45) is 0 Å². The molecule has 94 valence electrons. The lowest BCUT2D eigenvalue weighted by atomic mass is 10.2. The largest absolute Gasteiger partial charge is 0.465 e. The molecule has 1 aliphatic rings. The van der Waals surface area contributed by atoms with Crippen LogP contribution in [-0.4, -0.2) is 47.9 Å². The first-order valence-electron chi connectivity index (χ1n) is 5.89. The van der Waals surface area contributed by atoms with Crippen molar-refractivity contribution in [2.75, 3.05) is 24.7 Å². The Bertz CT molecular complexity index is 209. The van der Waals surface area contributed by atoms with Crippen molar-refractivity contribution in [3.05, 3.63) is 0 Å². The lowest BCUT2D eigenvalue weighted by Gasteiger charge is -2.16. The Labute approximate surface area is 101 Å². The first kappa shape index (κ1) is 13.8. The minimum absolute atomic E-state index is 0.140. The number of carbonyl (C=O) groups is 1. The fraction of sp³-hybridized carbons (Fsp3) is 0.909. The Kier molecular flexibility index (Phi) is 6.84. The van der Waals surface area contributed by atoms with Crippen molar-refractivity contribution in [2.45, 2.75) is 38.3 Å². The van der Waals surface area contributed by atoms with Crippen molar-refractivity contribution in [3.8, 4) is 0 Å². The van der Waals surface area contributed by atoms with Crippen LogP contribution in [0, 0.1) is 0 Å². The average Bonchev–Trinajstić information content (AvgIpc) is 3.07. The van der Waals surface area contributed by atoms with Crippen LogP contribution in [-0.2, 0) is 9.53 Å². The summed E-state index contributed by atoms with van der Waals surface area (Å²) in [6.45, 7) is 2.46. The Balaban J connectivity index is 2.22. The van der Waals surface area contributed by atoms with E-state index in [0.717, 1.165) is 17.9 Å². The number of ether oxygens (including phenoxy) is 1. The highest BCUT2D eigenvalue weighted by atomic mass is 32.2. The topological polar surface area (TPSA) is 58.6 Å². The van der Waals surface area contributed by atoms with Gasteiger partial charge in [0.05, 0.1) is 13.2 Å². The first-order valence-corrected chi connectivity index (χ1v) is 7.04. The van der Waals surface area contributed by atoms with Crippen LogP contribution in [0.5, 0.6) is 0 Å².